The first-order valence-corrected chi connectivity index (χ1v) is 6.12. The lowest BCUT2D eigenvalue weighted by Gasteiger charge is -2.19. The Kier molecular flexibility index (Phi) is 3.08. The van der Waals surface area contributed by atoms with Crippen LogP contribution in [0.4, 0.5) is 11.4 Å². The zero-order valence-electron chi connectivity index (χ0n) is 10.7. The van der Waals surface area contributed by atoms with Crippen molar-refractivity contribution in [2.45, 2.75) is 32.7 Å². The Morgan fingerprint density at radius 2 is 2.00 bits per heavy atom. The molecule has 2 nitrogen and oxygen atoms in total. The molecule has 0 heterocycles. The topological polar surface area (TPSA) is 15.3 Å². The second-order valence-electron chi connectivity index (χ2n) is 5.17. The maximum atomic E-state index is 3.60. The predicted octanol–water partition coefficient (Wildman–Crippen LogP) is 3.27. The Bertz CT molecular complexity index is 367. The van der Waals surface area contributed by atoms with Gasteiger partial charge in [-0.1, -0.05) is 6.07 Å². The highest BCUT2D eigenvalue weighted by Gasteiger charge is 2.27. The van der Waals surface area contributed by atoms with Gasteiger partial charge in [0.25, 0.3) is 0 Å². The van der Waals surface area contributed by atoms with E-state index in [1.165, 1.54) is 29.8 Å². The Morgan fingerprint density at radius 1 is 1.31 bits per heavy atom. The second-order valence-corrected chi connectivity index (χ2v) is 5.17. The average molecular weight is 218 g/mol. The minimum Gasteiger partial charge on any atom is -0.382 e. The van der Waals surface area contributed by atoms with E-state index in [0.717, 1.165) is 5.92 Å². The van der Waals surface area contributed by atoms with Gasteiger partial charge in [-0.05, 0) is 50.3 Å². The van der Waals surface area contributed by atoms with Crippen molar-refractivity contribution in [2.24, 2.45) is 5.92 Å². The van der Waals surface area contributed by atoms with E-state index in [2.05, 4.69) is 56.4 Å². The molecule has 0 spiro atoms. The molecule has 1 saturated carbocycles. The minimum atomic E-state index is 0.609. The van der Waals surface area contributed by atoms with Crippen LogP contribution in [0, 0.1) is 12.8 Å². The number of anilines is 2. The number of hydrogen-bond donors (Lipinski definition) is 1. The molecule has 1 unspecified atom stereocenters. The second kappa shape index (κ2) is 4.36. The maximum Gasteiger partial charge on any atom is 0.0411 e. The van der Waals surface area contributed by atoms with Gasteiger partial charge in [0.1, 0.15) is 0 Å². The standard InChI is InChI=1S/C14H22N2/c1-10-5-8-13(9-14(10)16(3)4)15-11(2)12-6-7-12/h5,8-9,11-12,15H,6-7H2,1-4H3. The highest BCUT2D eigenvalue weighted by molar-refractivity contribution is 5.62. The average Bonchev–Trinajstić information content (AvgIpc) is 3.03. The molecule has 88 valence electrons. The van der Waals surface area contributed by atoms with Crippen LogP contribution in [0.2, 0.25) is 0 Å². The Balaban J connectivity index is 2.11. The number of nitrogens with zero attached hydrogens (tertiary/aromatic N) is 1. The molecule has 16 heavy (non-hydrogen) atoms. The summed E-state index contributed by atoms with van der Waals surface area (Å²) in [5.74, 6) is 0.893. The largest absolute Gasteiger partial charge is 0.382 e. The van der Waals surface area contributed by atoms with Crippen molar-refractivity contribution in [2.75, 3.05) is 24.3 Å². The van der Waals surface area contributed by atoms with Gasteiger partial charge in [0.05, 0.1) is 0 Å². The van der Waals surface area contributed by atoms with Gasteiger partial charge in [-0.15, -0.1) is 0 Å². The van der Waals surface area contributed by atoms with Crippen molar-refractivity contribution in [3.05, 3.63) is 23.8 Å². The molecule has 1 N–H and O–H groups in total. The molecule has 2 rings (SSSR count). The Labute approximate surface area is 98.7 Å². The van der Waals surface area contributed by atoms with Crippen LogP contribution >= 0.6 is 0 Å². The molecule has 1 fully saturated rings. The fourth-order valence-corrected chi connectivity index (χ4v) is 2.16. The normalized spacial score (nSPS) is 17.0. The van der Waals surface area contributed by atoms with Crippen molar-refractivity contribution in [3.8, 4) is 0 Å². The molecule has 0 radical (unpaired) electrons. The molecule has 0 bridgehead atoms. The third-order valence-corrected chi connectivity index (χ3v) is 3.41. The fraction of sp³-hybridized carbons (Fsp3) is 0.571. The molecule has 0 saturated heterocycles. The van der Waals surface area contributed by atoms with Gasteiger partial charge < -0.3 is 10.2 Å². The van der Waals surface area contributed by atoms with E-state index >= 15 is 0 Å². The molecule has 0 aromatic heterocycles. The maximum absolute atomic E-state index is 3.60. The van der Waals surface area contributed by atoms with Crippen molar-refractivity contribution in [1.29, 1.82) is 0 Å². The van der Waals surface area contributed by atoms with Crippen molar-refractivity contribution < 1.29 is 0 Å². The van der Waals surface area contributed by atoms with Crippen molar-refractivity contribution in [3.63, 3.8) is 0 Å². The van der Waals surface area contributed by atoms with E-state index in [0.29, 0.717) is 6.04 Å². The number of aryl methyl sites for hydroxylation is 1. The van der Waals surface area contributed by atoms with Gasteiger partial charge in [-0.25, -0.2) is 0 Å². The van der Waals surface area contributed by atoms with E-state index in [1.807, 2.05) is 0 Å². The molecule has 1 aliphatic rings. The van der Waals surface area contributed by atoms with Gasteiger partial charge >= 0.3 is 0 Å². The highest BCUT2D eigenvalue weighted by atomic mass is 15.1. The number of benzene rings is 1. The fourth-order valence-electron chi connectivity index (χ4n) is 2.16. The number of hydrogen-bond acceptors (Lipinski definition) is 2. The van der Waals surface area contributed by atoms with Crippen LogP contribution in [-0.4, -0.2) is 20.1 Å². The summed E-state index contributed by atoms with van der Waals surface area (Å²) < 4.78 is 0. The monoisotopic (exact) mass is 218 g/mol. The molecular weight excluding hydrogens is 196 g/mol. The summed E-state index contributed by atoms with van der Waals surface area (Å²) in [6.45, 7) is 4.44. The van der Waals surface area contributed by atoms with Gasteiger partial charge in [-0.3, -0.25) is 0 Å². The molecule has 1 aromatic rings. The summed E-state index contributed by atoms with van der Waals surface area (Å²) in [6.07, 6.45) is 2.78. The van der Waals surface area contributed by atoms with E-state index in [1.54, 1.807) is 0 Å². The van der Waals surface area contributed by atoms with Crippen LogP contribution in [0.5, 0.6) is 0 Å². The first kappa shape index (κ1) is 11.3. The van der Waals surface area contributed by atoms with Crippen LogP contribution in [-0.2, 0) is 0 Å². The first-order valence-electron chi connectivity index (χ1n) is 6.12. The van der Waals surface area contributed by atoms with Crippen LogP contribution in [0.25, 0.3) is 0 Å². The van der Waals surface area contributed by atoms with Crippen LogP contribution in [0.1, 0.15) is 25.3 Å². The summed E-state index contributed by atoms with van der Waals surface area (Å²) in [5, 5.41) is 3.60. The van der Waals surface area contributed by atoms with Gasteiger partial charge in [0, 0.05) is 31.5 Å². The third kappa shape index (κ3) is 2.49. The summed E-state index contributed by atoms with van der Waals surface area (Å²) in [5.41, 5.74) is 3.87. The summed E-state index contributed by atoms with van der Waals surface area (Å²) in [4.78, 5) is 2.17. The summed E-state index contributed by atoms with van der Waals surface area (Å²) in [6, 6.07) is 7.23. The molecular formula is C14H22N2. The zero-order chi connectivity index (χ0) is 11.7. The molecule has 1 aromatic carbocycles. The molecule has 1 atom stereocenters. The molecule has 0 aliphatic heterocycles. The summed E-state index contributed by atoms with van der Waals surface area (Å²) >= 11 is 0. The Morgan fingerprint density at radius 3 is 2.56 bits per heavy atom. The molecule has 0 amide bonds. The lowest BCUT2D eigenvalue weighted by atomic mass is 10.1. The first-order chi connectivity index (χ1) is 7.58. The van der Waals surface area contributed by atoms with Crippen molar-refractivity contribution in [1.82, 2.24) is 0 Å². The van der Waals surface area contributed by atoms with Crippen LogP contribution in [0.15, 0.2) is 18.2 Å². The van der Waals surface area contributed by atoms with E-state index in [4.69, 9.17) is 0 Å². The lowest BCUT2D eigenvalue weighted by Crippen LogP contribution is -2.18. The molecule has 1 aliphatic carbocycles. The summed E-state index contributed by atoms with van der Waals surface area (Å²) in [7, 11) is 4.19. The SMILES string of the molecule is Cc1ccc(NC(C)C2CC2)cc1N(C)C. The predicted molar refractivity (Wildman–Crippen MR) is 71.3 cm³/mol. The van der Waals surface area contributed by atoms with E-state index < -0.39 is 0 Å². The number of nitrogens with one attached hydrogen (secondary N) is 1. The van der Waals surface area contributed by atoms with E-state index in [9.17, 15) is 0 Å². The quantitative estimate of drug-likeness (QED) is 0.834. The Hall–Kier alpha value is -1.18. The molecule has 2 heteroatoms. The minimum absolute atomic E-state index is 0.609. The van der Waals surface area contributed by atoms with Gasteiger partial charge in [0.2, 0.25) is 0 Å². The van der Waals surface area contributed by atoms with Crippen molar-refractivity contribution >= 4 is 11.4 Å². The van der Waals surface area contributed by atoms with Crippen LogP contribution < -0.4 is 10.2 Å². The zero-order valence-corrected chi connectivity index (χ0v) is 10.7. The van der Waals surface area contributed by atoms with Gasteiger partial charge in [0.15, 0.2) is 0 Å². The third-order valence-electron chi connectivity index (χ3n) is 3.41. The van der Waals surface area contributed by atoms with Crippen LogP contribution in [0.3, 0.4) is 0 Å². The highest BCUT2D eigenvalue weighted by Crippen LogP contribution is 2.34. The number of rotatable bonds is 4. The smallest absolute Gasteiger partial charge is 0.0411 e. The lowest BCUT2D eigenvalue weighted by molar-refractivity contribution is 0.694. The van der Waals surface area contributed by atoms with E-state index in [-0.39, 0.29) is 0 Å². The van der Waals surface area contributed by atoms with Gasteiger partial charge in [-0.2, -0.15) is 0 Å².